The molecule has 1 rings (SSSR count). The van der Waals surface area contributed by atoms with Crippen molar-refractivity contribution in [2.75, 3.05) is 13.9 Å². The van der Waals surface area contributed by atoms with Crippen molar-refractivity contribution < 1.29 is 27.0 Å². The van der Waals surface area contributed by atoms with Gasteiger partial charge in [0.15, 0.2) is 6.79 Å². The van der Waals surface area contributed by atoms with E-state index in [1.807, 2.05) is 0 Å². The highest BCUT2D eigenvalue weighted by Crippen LogP contribution is 2.35. The Bertz CT molecular complexity index is 379. The number of alkyl halides is 3. The molecular weight excluding hydrogens is 343 g/mol. The van der Waals surface area contributed by atoms with E-state index in [1.54, 1.807) is 22.6 Å². The van der Waals surface area contributed by atoms with Crippen LogP contribution in [0.2, 0.25) is 0 Å². The van der Waals surface area contributed by atoms with Crippen LogP contribution in [0.4, 0.5) is 17.6 Å². The van der Waals surface area contributed by atoms with Crippen LogP contribution in [0.3, 0.4) is 0 Å². The number of benzene rings is 1. The molecular formula is C9H7F4IO2. The Balaban J connectivity index is 3.12. The molecule has 0 atom stereocenters. The predicted octanol–water partition coefficient (Wildman–Crippen LogP) is 3.43. The van der Waals surface area contributed by atoms with E-state index in [2.05, 4.69) is 4.74 Å². The summed E-state index contributed by atoms with van der Waals surface area (Å²) in [5.41, 5.74) is -1.09. The molecule has 1 aromatic carbocycles. The Labute approximate surface area is 103 Å². The molecule has 0 fully saturated rings. The van der Waals surface area contributed by atoms with E-state index < -0.39 is 17.6 Å². The van der Waals surface area contributed by atoms with E-state index >= 15 is 0 Å². The molecule has 0 aliphatic heterocycles. The van der Waals surface area contributed by atoms with Crippen molar-refractivity contribution in [1.29, 1.82) is 0 Å². The van der Waals surface area contributed by atoms with Crippen molar-refractivity contribution in [2.24, 2.45) is 0 Å². The largest absolute Gasteiger partial charge is 0.466 e. The van der Waals surface area contributed by atoms with Crippen LogP contribution in [0.15, 0.2) is 12.1 Å². The van der Waals surface area contributed by atoms with E-state index in [9.17, 15) is 17.6 Å². The van der Waals surface area contributed by atoms with Gasteiger partial charge in [0.2, 0.25) is 0 Å². The third-order valence-electron chi connectivity index (χ3n) is 1.65. The van der Waals surface area contributed by atoms with Gasteiger partial charge in [0.1, 0.15) is 11.6 Å². The first-order valence-corrected chi connectivity index (χ1v) is 5.12. The fraction of sp³-hybridized carbons (Fsp3) is 0.333. The molecule has 0 bridgehead atoms. The standard InChI is InChI=1S/C9H7F4IO2/c1-15-4-16-7-3-5(9(11,12)13)2-6(10)8(7)14/h2-3H,4H2,1H3. The van der Waals surface area contributed by atoms with Crippen molar-refractivity contribution in [2.45, 2.75) is 6.18 Å². The summed E-state index contributed by atoms with van der Waals surface area (Å²) in [5, 5.41) is 0. The summed E-state index contributed by atoms with van der Waals surface area (Å²) in [7, 11) is 1.32. The first kappa shape index (κ1) is 13.5. The summed E-state index contributed by atoms with van der Waals surface area (Å²) in [4.78, 5) is 0. The molecule has 0 radical (unpaired) electrons. The van der Waals surface area contributed by atoms with E-state index in [0.717, 1.165) is 6.07 Å². The number of halogens is 5. The number of methoxy groups -OCH3 is 1. The molecule has 0 N–H and O–H groups in total. The third-order valence-corrected chi connectivity index (χ3v) is 2.70. The maximum absolute atomic E-state index is 13.2. The van der Waals surface area contributed by atoms with Gasteiger partial charge in [-0.1, -0.05) is 0 Å². The van der Waals surface area contributed by atoms with E-state index in [1.165, 1.54) is 7.11 Å². The lowest BCUT2D eigenvalue weighted by atomic mass is 10.2. The summed E-state index contributed by atoms with van der Waals surface area (Å²) in [6.07, 6.45) is -4.60. The highest BCUT2D eigenvalue weighted by molar-refractivity contribution is 14.1. The molecule has 0 aliphatic rings. The lowest BCUT2D eigenvalue weighted by Crippen LogP contribution is -2.08. The van der Waals surface area contributed by atoms with Crippen LogP contribution in [-0.2, 0) is 10.9 Å². The van der Waals surface area contributed by atoms with E-state index in [0.29, 0.717) is 6.07 Å². The number of rotatable bonds is 3. The Kier molecular flexibility index (Phi) is 4.36. The molecule has 0 amide bonds. The molecule has 0 unspecified atom stereocenters. The summed E-state index contributed by atoms with van der Waals surface area (Å²) < 4.78 is 59.6. The molecule has 0 aliphatic carbocycles. The van der Waals surface area contributed by atoms with E-state index in [4.69, 9.17) is 4.74 Å². The molecule has 0 saturated carbocycles. The summed E-state index contributed by atoms with van der Waals surface area (Å²) in [6.45, 7) is -0.239. The zero-order chi connectivity index (χ0) is 12.3. The van der Waals surface area contributed by atoms with Crippen LogP contribution in [0.5, 0.6) is 5.75 Å². The maximum atomic E-state index is 13.2. The second kappa shape index (κ2) is 5.17. The maximum Gasteiger partial charge on any atom is 0.416 e. The lowest BCUT2D eigenvalue weighted by molar-refractivity contribution is -0.138. The fourth-order valence-electron chi connectivity index (χ4n) is 0.955. The minimum absolute atomic E-state index is 0.0114. The Morgan fingerprint density at radius 2 is 1.94 bits per heavy atom. The molecule has 1 aromatic rings. The van der Waals surface area contributed by atoms with E-state index in [-0.39, 0.29) is 16.1 Å². The van der Waals surface area contributed by atoms with Crippen LogP contribution in [0.25, 0.3) is 0 Å². The van der Waals surface area contributed by atoms with Gasteiger partial charge in [0.25, 0.3) is 0 Å². The molecule has 0 spiro atoms. The number of ether oxygens (including phenoxy) is 2. The van der Waals surface area contributed by atoms with Crippen molar-refractivity contribution in [3.8, 4) is 5.75 Å². The van der Waals surface area contributed by atoms with Crippen molar-refractivity contribution in [3.63, 3.8) is 0 Å². The molecule has 16 heavy (non-hydrogen) atoms. The summed E-state index contributed by atoms with van der Waals surface area (Å²) in [5.74, 6) is -1.16. The van der Waals surface area contributed by atoms with Crippen molar-refractivity contribution in [1.82, 2.24) is 0 Å². The zero-order valence-corrected chi connectivity index (χ0v) is 10.2. The first-order chi connectivity index (χ1) is 7.36. The Hall–Kier alpha value is -0.570. The lowest BCUT2D eigenvalue weighted by Gasteiger charge is -2.12. The van der Waals surface area contributed by atoms with Gasteiger partial charge in [-0.25, -0.2) is 4.39 Å². The number of hydrogen-bond donors (Lipinski definition) is 0. The van der Waals surface area contributed by atoms with Gasteiger partial charge >= 0.3 is 6.18 Å². The average molecular weight is 350 g/mol. The van der Waals surface area contributed by atoms with Gasteiger partial charge in [-0.05, 0) is 34.7 Å². The molecule has 2 nitrogen and oxygen atoms in total. The van der Waals surface area contributed by atoms with Gasteiger partial charge < -0.3 is 9.47 Å². The molecule has 7 heteroatoms. The third kappa shape index (κ3) is 3.21. The summed E-state index contributed by atoms with van der Waals surface area (Å²) >= 11 is 1.57. The van der Waals surface area contributed by atoms with Crippen molar-refractivity contribution >= 4 is 22.6 Å². The van der Waals surface area contributed by atoms with Crippen molar-refractivity contribution in [3.05, 3.63) is 27.1 Å². The quantitative estimate of drug-likeness (QED) is 0.473. The smallest absolute Gasteiger partial charge is 0.416 e. The molecule has 0 aromatic heterocycles. The first-order valence-electron chi connectivity index (χ1n) is 4.04. The highest BCUT2D eigenvalue weighted by Gasteiger charge is 2.32. The Morgan fingerprint density at radius 3 is 2.44 bits per heavy atom. The van der Waals surface area contributed by atoms with Gasteiger partial charge in [-0.15, -0.1) is 0 Å². The molecule has 0 heterocycles. The molecule has 0 saturated heterocycles. The predicted molar refractivity (Wildman–Crippen MR) is 56.6 cm³/mol. The SMILES string of the molecule is COCOc1cc(C(F)(F)F)cc(F)c1I. The van der Waals surface area contributed by atoms with Crippen LogP contribution in [-0.4, -0.2) is 13.9 Å². The monoisotopic (exact) mass is 350 g/mol. The fourth-order valence-corrected chi connectivity index (χ4v) is 1.42. The Morgan fingerprint density at radius 1 is 1.31 bits per heavy atom. The van der Waals surface area contributed by atoms with Crippen LogP contribution >= 0.6 is 22.6 Å². The normalized spacial score (nSPS) is 11.6. The van der Waals surface area contributed by atoms with Gasteiger partial charge in [0, 0.05) is 7.11 Å². The van der Waals surface area contributed by atoms with Gasteiger partial charge in [0.05, 0.1) is 9.13 Å². The minimum atomic E-state index is -4.60. The van der Waals surface area contributed by atoms with Crippen LogP contribution < -0.4 is 4.74 Å². The van der Waals surface area contributed by atoms with Crippen LogP contribution in [0, 0.1) is 9.39 Å². The summed E-state index contributed by atoms with van der Waals surface area (Å²) in [6, 6.07) is 1.17. The van der Waals surface area contributed by atoms with Gasteiger partial charge in [-0.3, -0.25) is 0 Å². The zero-order valence-electron chi connectivity index (χ0n) is 8.07. The topological polar surface area (TPSA) is 18.5 Å². The second-order valence-electron chi connectivity index (χ2n) is 2.82. The van der Waals surface area contributed by atoms with Gasteiger partial charge in [-0.2, -0.15) is 13.2 Å². The highest BCUT2D eigenvalue weighted by atomic mass is 127. The number of hydrogen-bond acceptors (Lipinski definition) is 2. The van der Waals surface area contributed by atoms with Crippen LogP contribution in [0.1, 0.15) is 5.56 Å². The average Bonchev–Trinajstić information content (AvgIpc) is 2.18. The minimum Gasteiger partial charge on any atom is -0.466 e. The molecule has 90 valence electrons. The second-order valence-corrected chi connectivity index (χ2v) is 3.90.